The van der Waals surface area contributed by atoms with E-state index in [9.17, 15) is 4.79 Å². The van der Waals surface area contributed by atoms with Crippen molar-refractivity contribution in [2.75, 3.05) is 25.6 Å². The number of aliphatic hydroxyl groups is 1. The Morgan fingerprint density at radius 3 is 3.10 bits per heavy atom. The summed E-state index contributed by atoms with van der Waals surface area (Å²) in [5, 5.41) is 12.1. The number of rotatable bonds is 5. The number of nitrogens with two attached hydrogens (primary N) is 1. The smallest absolute Gasteiger partial charge is 0.248 e. The van der Waals surface area contributed by atoms with Gasteiger partial charge in [-0.2, -0.15) is 0 Å². The highest BCUT2D eigenvalue weighted by Gasteiger charge is 2.27. The second-order valence-corrected chi connectivity index (χ2v) is 5.09. The molecule has 1 aromatic carbocycles. The number of carbonyl (C=O) groups is 1. The average molecular weight is 290 g/mol. The van der Waals surface area contributed by atoms with Crippen molar-refractivity contribution < 1.29 is 14.6 Å². The quantitative estimate of drug-likeness (QED) is 0.758. The Hall–Kier alpha value is -2.28. The van der Waals surface area contributed by atoms with E-state index >= 15 is 0 Å². The van der Waals surface area contributed by atoms with Gasteiger partial charge in [-0.25, -0.2) is 4.98 Å². The van der Waals surface area contributed by atoms with E-state index in [1.165, 1.54) is 0 Å². The molecule has 0 aliphatic carbocycles. The van der Waals surface area contributed by atoms with Gasteiger partial charge in [-0.1, -0.05) is 0 Å². The molecule has 1 amide bonds. The number of nitrogens with zero attached hydrogens (tertiary/aromatic N) is 2. The summed E-state index contributed by atoms with van der Waals surface area (Å²) in [6, 6.07) is 3.44. The first kappa shape index (κ1) is 13.7. The van der Waals surface area contributed by atoms with Crippen LogP contribution < -0.4 is 15.8 Å². The van der Waals surface area contributed by atoms with Crippen LogP contribution in [0.3, 0.4) is 0 Å². The molecule has 1 unspecified atom stereocenters. The van der Waals surface area contributed by atoms with Crippen molar-refractivity contribution in [2.45, 2.75) is 18.9 Å². The van der Waals surface area contributed by atoms with Crippen molar-refractivity contribution in [2.24, 2.45) is 5.73 Å². The molecule has 3 rings (SSSR count). The average Bonchev–Trinajstić information content (AvgIpc) is 2.86. The Kier molecular flexibility index (Phi) is 3.42. The molecule has 0 bridgehead atoms. The number of imidazole rings is 1. The zero-order valence-corrected chi connectivity index (χ0v) is 11.8. The predicted molar refractivity (Wildman–Crippen MR) is 78.6 cm³/mol. The predicted octanol–water partition coefficient (Wildman–Crippen LogP) is 0.883. The third-order valence-corrected chi connectivity index (χ3v) is 3.75. The van der Waals surface area contributed by atoms with Gasteiger partial charge in [-0.15, -0.1) is 0 Å². The molecule has 112 valence electrons. The van der Waals surface area contributed by atoms with Crippen LogP contribution in [0.25, 0.3) is 11.0 Å². The number of amides is 1. The molecule has 0 radical (unpaired) electrons. The second-order valence-electron chi connectivity index (χ2n) is 5.09. The van der Waals surface area contributed by atoms with Crippen LogP contribution in [0.1, 0.15) is 29.2 Å². The zero-order chi connectivity index (χ0) is 15.0. The fraction of sp³-hybridized carbons (Fsp3) is 0.429. The number of nitrogens with one attached hydrogen (secondary N) is 1. The van der Waals surface area contributed by atoms with Crippen molar-refractivity contribution in [1.82, 2.24) is 9.55 Å². The molecule has 0 fully saturated rings. The molecule has 4 N–H and O–H groups in total. The lowest BCUT2D eigenvalue weighted by atomic mass is 10.1. The SMILES string of the molecule is CNc1nc2cc(C(N)=O)cc3c2n1C(CCCO)CO3. The number of anilines is 1. The molecule has 1 atom stereocenters. The molecule has 2 aromatic rings. The van der Waals surface area contributed by atoms with Gasteiger partial charge in [-0.05, 0) is 25.0 Å². The molecule has 0 saturated carbocycles. The van der Waals surface area contributed by atoms with Gasteiger partial charge in [0.2, 0.25) is 11.9 Å². The highest BCUT2D eigenvalue weighted by Crippen LogP contribution is 2.38. The molecule has 1 aliphatic heterocycles. The Morgan fingerprint density at radius 1 is 1.62 bits per heavy atom. The largest absolute Gasteiger partial charge is 0.489 e. The van der Waals surface area contributed by atoms with Crippen LogP contribution in [-0.4, -0.2) is 40.8 Å². The van der Waals surface area contributed by atoms with Crippen molar-refractivity contribution in [1.29, 1.82) is 0 Å². The number of aromatic nitrogens is 2. The van der Waals surface area contributed by atoms with Crippen molar-refractivity contribution in [3.8, 4) is 5.75 Å². The number of hydrogen-bond donors (Lipinski definition) is 3. The number of hydrogen-bond acceptors (Lipinski definition) is 5. The number of carbonyl (C=O) groups excluding carboxylic acids is 1. The van der Waals surface area contributed by atoms with Gasteiger partial charge in [0.1, 0.15) is 17.9 Å². The molecule has 0 spiro atoms. The summed E-state index contributed by atoms with van der Waals surface area (Å²) >= 11 is 0. The Labute approximate surface area is 121 Å². The van der Waals surface area contributed by atoms with Crippen LogP contribution in [0.5, 0.6) is 5.75 Å². The van der Waals surface area contributed by atoms with E-state index < -0.39 is 5.91 Å². The molecule has 7 heteroatoms. The maximum absolute atomic E-state index is 11.4. The van der Waals surface area contributed by atoms with Crippen LogP contribution in [0, 0.1) is 0 Å². The van der Waals surface area contributed by atoms with Gasteiger partial charge in [0.25, 0.3) is 0 Å². The van der Waals surface area contributed by atoms with E-state index in [-0.39, 0.29) is 12.6 Å². The van der Waals surface area contributed by atoms with Gasteiger partial charge in [-0.3, -0.25) is 4.79 Å². The first-order valence-electron chi connectivity index (χ1n) is 6.93. The Bertz CT molecular complexity index is 695. The fourth-order valence-electron chi connectivity index (χ4n) is 2.78. The minimum Gasteiger partial charge on any atom is -0.489 e. The molecular formula is C14H18N4O3. The minimum atomic E-state index is -0.500. The monoisotopic (exact) mass is 290 g/mol. The maximum Gasteiger partial charge on any atom is 0.248 e. The van der Waals surface area contributed by atoms with Crippen LogP contribution in [-0.2, 0) is 0 Å². The maximum atomic E-state index is 11.4. The second kappa shape index (κ2) is 5.25. The lowest BCUT2D eigenvalue weighted by molar-refractivity contribution is 0.0999. The summed E-state index contributed by atoms with van der Waals surface area (Å²) in [6.07, 6.45) is 1.50. The van der Waals surface area contributed by atoms with E-state index in [1.54, 1.807) is 19.2 Å². The van der Waals surface area contributed by atoms with E-state index in [0.717, 1.165) is 17.9 Å². The summed E-state index contributed by atoms with van der Waals surface area (Å²) < 4.78 is 7.85. The topological polar surface area (TPSA) is 102 Å². The zero-order valence-electron chi connectivity index (χ0n) is 11.8. The molecule has 7 nitrogen and oxygen atoms in total. The van der Waals surface area contributed by atoms with Crippen molar-refractivity contribution in [3.05, 3.63) is 17.7 Å². The number of aliphatic hydroxyl groups excluding tert-OH is 1. The van der Waals surface area contributed by atoms with Gasteiger partial charge >= 0.3 is 0 Å². The summed E-state index contributed by atoms with van der Waals surface area (Å²) in [4.78, 5) is 15.9. The fourth-order valence-corrected chi connectivity index (χ4v) is 2.78. The van der Waals surface area contributed by atoms with Gasteiger partial charge < -0.3 is 25.5 Å². The first-order chi connectivity index (χ1) is 10.2. The van der Waals surface area contributed by atoms with Crippen LogP contribution in [0.2, 0.25) is 0 Å². The Balaban J connectivity index is 2.17. The molecule has 1 aromatic heterocycles. The van der Waals surface area contributed by atoms with Gasteiger partial charge in [0.15, 0.2) is 0 Å². The van der Waals surface area contributed by atoms with Crippen molar-refractivity contribution >= 4 is 22.9 Å². The lowest BCUT2D eigenvalue weighted by Gasteiger charge is -2.27. The van der Waals surface area contributed by atoms with E-state index in [2.05, 4.69) is 14.9 Å². The molecule has 0 saturated heterocycles. The minimum absolute atomic E-state index is 0.108. The van der Waals surface area contributed by atoms with E-state index in [4.69, 9.17) is 15.6 Å². The van der Waals surface area contributed by atoms with Crippen molar-refractivity contribution in [3.63, 3.8) is 0 Å². The first-order valence-corrected chi connectivity index (χ1v) is 6.93. The molecular weight excluding hydrogens is 272 g/mol. The van der Waals surface area contributed by atoms with Gasteiger partial charge in [0.05, 0.1) is 11.6 Å². The molecule has 2 heterocycles. The summed E-state index contributed by atoms with van der Waals surface area (Å²) in [7, 11) is 1.80. The highest BCUT2D eigenvalue weighted by molar-refractivity contribution is 5.99. The summed E-state index contributed by atoms with van der Waals surface area (Å²) in [6.45, 7) is 0.631. The summed E-state index contributed by atoms with van der Waals surface area (Å²) in [5.74, 6) is 0.842. The third kappa shape index (κ3) is 2.19. The number of benzene rings is 1. The number of primary amides is 1. The lowest BCUT2D eigenvalue weighted by Crippen LogP contribution is -2.24. The standard InChI is InChI=1S/C14H18N4O3/c1-16-14-17-10-5-8(13(15)20)6-11-12(10)18(14)9(7-21-11)3-2-4-19/h5-6,9,19H,2-4,7H2,1H3,(H2,15,20)(H,16,17). The number of ether oxygens (including phenoxy) is 1. The molecule has 1 aliphatic rings. The third-order valence-electron chi connectivity index (χ3n) is 3.75. The van der Waals surface area contributed by atoms with Crippen LogP contribution >= 0.6 is 0 Å². The van der Waals surface area contributed by atoms with Gasteiger partial charge in [0, 0.05) is 19.2 Å². The summed E-state index contributed by atoms with van der Waals surface area (Å²) in [5.41, 5.74) is 7.27. The van der Waals surface area contributed by atoms with Crippen LogP contribution in [0.4, 0.5) is 5.95 Å². The van der Waals surface area contributed by atoms with Crippen LogP contribution in [0.15, 0.2) is 12.1 Å². The molecule has 21 heavy (non-hydrogen) atoms. The normalized spacial score (nSPS) is 16.8. The highest BCUT2D eigenvalue weighted by atomic mass is 16.5. The Morgan fingerprint density at radius 2 is 2.43 bits per heavy atom. The van der Waals surface area contributed by atoms with E-state index in [0.29, 0.717) is 29.9 Å². The van der Waals surface area contributed by atoms with E-state index in [1.807, 2.05) is 0 Å².